The third-order valence-electron chi connectivity index (χ3n) is 6.98. The summed E-state index contributed by atoms with van der Waals surface area (Å²) in [5, 5.41) is 14.1. The molecule has 1 aliphatic heterocycles. The molecule has 0 spiro atoms. The molecule has 0 saturated carbocycles. The van der Waals surface area contributed by atoms with E-state index in [9.17, 15) is 14.7 Å². The fourth-order valence-electron chi connectivity index (χ4n) is 4.94. The van der Waals surface area contributed by atoms with E-state index in [0.717, 1.165) is 5.56 Å². The quantitative estimate of drug-likeness (QED) is 0.398. The molecule has 4 N–H and O–H groups in total. The number of aliphatic hydroxyl groups is 1. The Balaban J connectivity index is 2.50. The molecule has 0 aliphatic carbocycles. The van der Waals surface area contributed by atoms with E-state index in [1.54, 1.807) is 20.1 Å². The molecule has 2 bridgehead atoms. The van der Waals surface area contributed by atoms with E-state index in [4.69, 9.17) is 26.4 Å². The summed E-state index contributed by atoms with van der Waals surface area (Å²) in [6, 6.07) is 5.64. The van der Waals surface area contributed by atoms with Crippen molar-refractivity contribution >= 4 is 17.7 Å². The van der Waals surface area contributed by atoms with E-state index in [2.05, 4.69) is 18.2 Å². The second-order valence-corrected chi connectivity index (χ2v) is 10.2. The Bertz CT molecular complexity index is 1070. The molecule has 8 heteroatoms. The van der Waals surface area contributed by atoms with E-state index < -0.39 is 30.5 Å². The lowest BCUT2D eigenvalue weighted by Gasteiger charge is -2.30. The number of nitrogens with one attached hydrogen (secondary N) is 1. The number of hydrogen-bond acceptors (Lipinski definition) is 6. The average molecular weight is 527 g/mol. The van der Waals surface area contributed by atoms with Gasteiger partial charge in [0.1, 0.15) is 0 Å². The van der Waals surface area contributed by atoms with Gasteiger partial charge in [0.15, 0.2) is 6.10 Å². The first kappa shape index (κ1) is 31.1. The maximum Gasteiger partial charge on any atom is 0.405 e. The standard InChI is InChI=1S/C30H42N2O6/c1-8-22-15-23-12-18(2)13-26(37-7)27(33)20(4)14-21(5)28(38-30(31)35)25(36-6)11-9-10-19(3)29(34)32-24(16-22)17-23/h1,10,14-18,20,25-28,33H,9,11-13H2,2-7H3,(H2,31,35)(H,32,34)/b19-10-,21-14-/t18-,20+,25+,26-,27+,28+/m0/s1. The van der Waals surface area contributed by atoms with Gasteiger partial charge >= 0.3 is 6.09 Å². The third kappa shape index (κ3) is 9.02. The number of amides is 2. The van der Waals surface area contributed by atoms with Crippen LogP contribution in [-0.4, -0.2) is 55.7 Å². The summed E-state index contributed by atoms with van der Waals surface area (Å²) < 4.78 is 16.8. The Labute approximate surface area is 226 Å². The Morgan fingerprint density at radius 1 is 1.16 bits per heavy atom. The highest BCUT2D eigenvalue weighted by molar-refractivity contribution is 6.03. The van der Waals surface area contributed by atoms with Crippen molar-refractivity contribution < 1.29 is 28.9 Å². The van der Waals surface area contributed by atoms with E-state index in [-0.39, 0.29) is 17.7 Å². The fourth-order valence-corrected chi connectivity index (χ4v) is 4.94. The van der Waals surface area contributed by atoms with Crippen LogP contribution in [0.15, 0.2) is 41.5 Å². The molecular formula is C30H42N2O6. The first-order valence-corrected chi connectivity index (χ1v) is 13.0. The van der Waals surface area contributed by atoms with Crippen LogP contribution in [0, 0.1) is 24.2 Å². The number of primary amides is 1. The summed E-state index contributed by atoms with van der Waals surface area (Å²) in [6.07, 6.45) is 8.22. The van der Waals surface area contributed by atoms with Crippen LogP contribution in [0.25, 0.3) is 0 Å². The number of carbonyl (C=O) groups is 2. The number of hydrogen-bond donors (Lipinski definition) is 3. The smallest absolute Gasteiger partial charge is 0.405 e. The van der Waals surface area contributed by atoms with Crippen LogP contribution in [0.1, 0.15) is 58.1 Å². The first-order chi connectivity index (χ1) is 18.0. The predicted octanol–water partition coefficient (Wildman–Crippen LogP) is 4.35. The molecule has 0 fully saturated rings. The third-order valence-corrected chi connectivity index (χ3v) is 6.98. The lowest BCUT2D eigenvalue weighted by Crippen LogP contribution is -2.37. The summed E-state index contributed by atoms with van der Waals surface area (Å²) in [6.45, 7) is 7.54. The number of fused-ring (bicyclic) bond motifs is 2. The molecule has 1 aliphatic rings. The van der Waals surface area contributed by atoms with Crippen molar-refractivity contribution in [3.05, 3.63) is 52.6 Å². The Hall–Kier alpha value is -3.12. The molecule has 2 rings (SSSR count). The number of terminal acetylenes is 1. The molecule has 1 aromatic carbocycles. The van der Waals surface area contributed by atoms with Crippen molar-refractivity contribution in [1.29, 1.82) is 0 Å². The fraction of sp³-hybridized carbons (Fsp3) is 0.533. The van der Waals surface area contributed by atoms with Crippen molar-refractivity contribution in [3.8, 4) is 12.3 Å². The van der Waals surface area contributed by atoms with Gasteiger partial charge in [0.05, 0.1) is 18.3 Å². The van der Waals surface area contributed by atoms with Gasteiger partial charge in [-0.2, -0.15) is 0 Å². The van der Waals surface area contributed by atoms with Crippen molar-refractivity contribution in [3.63, 3.8) is 0 Å². The van der Waals surface area contributed by atoms with Gasteiger partial charge in [0.25, 0.3) is 5.91 Å². The normalized spacial score (nSPS) is 30.6. The van der Waals surface area contributed by atoms with Crippen LogP contribution in [0.2, 0.25) is 0 Å². The van der Waals surface area contributed by atoms with Crippen LogP contribution >= 0.6 is 0 Å². The van der Waals surface area contributed by atoms with Crippen molar-refractivity contribution in [2.75, 3.05) is 19.5 Å². The average Bonchev–Trinajstić information content (AvgIpc) is 2.87. The molecule has 2 amide bonds. The van der Waals surface area contributed by atoms with Crippen LogP contribution in [0.5, 0.6) is 0 Å². The number of anilines is 1. The van der Waals surface area contributed by atoms with Gasteiger partial charge in [-0.1, -0.05) is 31.9 Å². The highest BCUT2D eigenvalue weighted by Crippen LogP contribution is 2.26. The minimum absolute atomic E-state index is 0.149. The van der Waals surface area contributed by atoms with Crippen molar-refractivity contribution in [2.45, 2.75) is 77.8 Å². The van der Waals surface area contributed by atoms with Crippen LogP contribution in [-0.2, 0) is 25.4 Å². The summed E-state index contributed by atoms with van der Waals surface area (Å²) in [5.74, 6) is 2.28. The minimum Gasteiger partial charge on any atom is -0.439 e. The minimum atomic E-state index is -0.917. The van der Waals surface area contributed by atoms with E-state index in [1.807, 2.05) is 38.1 Å². The van der Waals surface area contributed by atoms with Crippen LogP contribution in [0.3, 0.4) is 0 Å². The first-order valence-electron chi connectivity index (χ1n) is 13.0. The number of ether oxygens (including phenoxy) is 3. The summed E-state index contributed by atoms with van der Waals surface area (Å²) in [7, 11) is 3.12. The monoisotopic (exact) mass is 526 g/mol. The largest absolute Gasteiger partial charge is 0.439 e. The molecule has 0 unspecified atom stereocenters. The number of carbonyl (C=O) groups excluding carboxylic acids is 2. The zero-order valence-corrected chi connectivity index (χ0v) is 23.3. The highest BCUT2D eigenvalue weighted by Gasteiger charge is 2.30. The zero-order valence-electron chi connectivity index (χ0n) is 23.3. The Morgan fingerprint density at radius 3 is 2.45 bits per heavy atom. The van der Waals surface area contributed by atoms with Crippen molar-refractivity contribution in [2.24, 2.45) is 17.6 Å². The van der Waals surface area contributed by atoms with E-state index in [1.165, 1.54) is 7.11 Å². The number of benzene rings is 1. The highest BCUT2D eigenvalue weighted by atomic mass is 16.6. The molecule has 8 nitrogen and oxygen atoms in total. The molecule has 1 aromatic rings. The lowest BCUT2D eigenvalue weighted by molar-refractivity contribution is -0.112. The van der Waals surface area contributed by atoms with E-state index in [0.29, 0.717) is 48.1 Å². The summed E-state index contributed by atoms with van der Waals surface area (Å²) >= 11 is 0. The molecule has 38 heavy (non-hydrogen) atoms. The maximum atomic E-state index is 12.9. The number of nitrogens with two attached hydrogens (primary N) is 1. The van der Waals surface area contributed by atoms with Crippen LogP contribution in [0.4, 0.5) is 10.5 Å². The molecule has 6 atom stereocenters. The van der Waals surface area contributed by atoms with Crippen molar-refractivity contribution in [1.82, 2.24) is 0 Å². The molecule has 0 radical (unpaired) electrons. The number of allylic oxidation sites excluding steroid dienone is 1. The van der Waals surface area contributed by atoms with Crippen LogP contribution < -0.4 is 11.1 Å². The number of aliphatic hydroxyl groups excluding tert-OH is 1. The summed E-state index contributed by atoms with van der Waals surface area (Å²) in [4.78, 5) is 24.6. The molecule has 0 saturated heterocycles. The van der Waals surface area contributed by atoms with Gasteiger partial charge in [-0.05, 0) is 74.8 Å². The van der Waals surface area contributed by atoms with Gasteiger partial charge in [-0.15, -0.1) is 6.42 Å². The lowest BCUT2D eigenvalue weighted by atomic mass is 9.88. The van der Waals surface area contributed by atoms with Gasteiger partial charge < -0.3 is 30.4 Å². The Kier molecular flexibility index (Phi) is 12.0. The second kappa shape index (κ2) is 14.7. The number of rotatable bonds is 3. The molecule has 1 heterocycles. The zero-order chi connectivity index (χ0) is 28.4. The summed E-state index contributed by atoms with van der Waals surface area (Å²) in [5.41, 5.74) is 8.91. The molecular weight excluding hydrogens is 484 g/mol. The van der Waals surface area contributed by atoms with Gasteiger partial charge in [0.2, 0.25) is 0 Å². The SMILES string of the molecule is C#Cc1cc2cc(c1)NC(=O)/C(C)=C\CC[C@@H](OC)[C@H](OC(N)=O)/C(C)=C\[C@@H](C)[C@@H](O)[C@@H](OC)C[C@@H](C)C2. The molecule has 208 valence electrons. The second-order valence-electron chi connectivity index (χ2n) is 10.2. The predicted molar refractivity (Wildman–Crippen MR) is 148 cm³/mol. The number of methoxy groups -OCH3 is 2. The van der Waals surface area contributed by atoms with E-state index >= 15 is 0 Å². The maximum absolute atomic E-state index is 12.9. The van der Waals surface area contributed by atoms with Gasteiger partial charge in [-0.25, -0.2) is 4.79 Å². The Morgan fingerprint density at radius 2 is 1.84 bits per heavy atom. The topological polar surface area (TPSA) is 120 Å². The molecule has 0 aromatic heterocycles. The van der Waals surface area contributed by atoms with Gasteiger partial charge in [0, 0.05) is 37.0 Å². The van der Waals surface area contributed by atoms with Gasteiger partial charge in [-0.3, -0.25) is 4.79 Å².